The molecule has 3 aromatic rings. The van der Waals surface area contributed by atoms with Gasteiger partial charge in [-0.25, -0.2) is 14.6 Å². The molecule has 4 rings (SSSR count). The fourth-order valence-corrected chi connectivity index (χ4v) is 3.37. The van der Waals surface area contributed by atoms with E-state index >= 15 is 0 Å². The van der Waals surface area contributed by atoms with Crippen molar-refractivity contribution in [1.29, 1.82) is 0 Å². The minimum Gasteiger partial charge on any atom is -0.352 e. The van der Waals surface area contributed by atoms with Crippen molar-refractivity contribution in [2.75, 3.05) is 11.4 Å². The lowest BCUT2D eigenvalue weighted by molar-refractivity contribution is 0.488. The number of nitrogens with zero attached hydrogens (tertiary/aromatic N) is 6. The zero-order valence-corrected chi connectivity index (χ0v) is 14.6. The largest absolute Gasteiger partial charge is 0.352 e. The minimum absolute atomic E-state index is 0.0941. The molecule has 1 aliphatic rings. The van der Waals surface area contributed by atoms with Crippen LogP contribution in [0.2, 0.25) is 0 Å². The molecular formula is C19H20N6O. The third-order valence-electron chi connectivity index (χ3n) is 4.67. The van der Waals surface area contributed by atoms with Crippen molar-refractivity contribution in [3.8, 4) is 11.3 Å². The molecule has 3 aromatic heterocycles. The summed E-state index contributed by atoms with van der Waals surface area (Å²) in [4.78, 5) is 27.3. The Labute approximate surface area is 151 Å². The lowest BCUT2D eigenvalue weighted by Crippen LogP contribution is -2.37. The van der Waals surface area contributed by atoms with Gasteiger partial charge in [0.15, 0.2) is 0 Å². The summed E-state index contributed by atoms with van der Waals surface area (Å²) < 4.78 is 1.55. The molecule has 0 N–H and O–H groups in total. The van der Waals surface area contributed by atoms with Gasteiger partial charge in [0, 0.05) is 42.3 Å². The van der Waals surface area contributed by atoms with E-state index in [1.54, 1.807) is 35.5 Å². The molecule has 26 heavy (non-hydrogen) atoms. The van der Waals surface area contributed by atoms with Crippen LogP contribution in [0.4, 0.5) is 5.82 Å². The van der Waals surface area contributed by atoms with E-state index in [0.717, 1.165) is 42.2 Å². The molecule has 132 valence electrons. The van der Waals surface area contributed by atoms with Crippen molar-refractivity contribution in [1.82, 2.24) is 24.7 Å². The van der Waals surface area contributed by atoms with Gasteiger partial charge in [-0.2, -0.15) is 5.10 Å². The van der Waals surface area contributed by atoms with E-state index in [9.17, 15) is 4.79 Å². The van der Waals surface area contributed by atoms with E-state index in [1.165, 1.54) is 0 Å². The van der Waals surface area contributed by atoms with Crippen molar-refractivity contribution in [3.63, 3.8) is 0 Å². The van der Waals surface area contributed by atoms with Crippen LogP contribution in [0.25, 0.3) is 11.3 Å². The van der Waals surface area contributed by atoms with Gasteiger partial charge in [0.25, 0.3) is 5.56 Å². The minimum atomic E-state index is -0.0941. The number of aromatic nitrogens is 5. The molecule has 0 saturated carbocycles. The number of hydrogen-bond acceptors (Lipinski definition) is 6. The quantitative estimate of drug-likeness (QED) is 0.718. The Morgan fingerprint density at radius 1 is 1.23 bits per heavy atom. The Bertz CT molecular complexity index is 955. The predicted molar refractivity (Wildman–Crippen MR) is 98.9 cm³/mol. The monoisotopic (exact) mass is 348 g/mol. The molecule has 0 bridgehead atoms. The number of hydrogen-bond donors (Lipinski definition) is 0. The Morgan fingerprint density at radius 2 is 2.15 bits per heavy atom. The van der Waals surface area contributed by atoms with Crippen LogP contribution in [0.1, 0.15) is 18.5 Å². The number of rotatable bonds is 4. The van der Waals surface area contributed by atoms with Gasteiger partial charge in [-0.05, 0) is 38.0 Å². The zero-order chi connectivity index (χ0) is 17.9. The Morgan fingerprint density at radius 3 is 2.96 bits per heavy atom. The van der Waals surface area contributed by atoms with Crippen molar-refractivity contribution < 1.29 is 0 Å². The lowest BCUT2D eigenvalue weighted by Gasteiger charge is -2.26. The highest BCUT2D eigenvalue weighted by molar-refractivity contribution is 5.56. The summed E-state index contributed by atoms with van der Waals surface area (Å²) in [5.41, 5.74) is 2.49. The second kappa shape index (κ2) is 7.03. The van der Waals surface area contributed by atoms with Gasteiger partial charge in [-0.3, -0.25) is 9.78 Å². The maximum atomic E-state index is 12.3. The summed E-state index contributed by atoms with van der Waals surface area (Å²) in [6, 6.07) is 9.30. The third kappa shape index (κ3) is 3.33. The average Bonchev–Trinajstić information content (AvgIpc) is 3.12. The fourth-order valence-electron chi connectivity index (χ4n) is 3.37. The summed E-state index contributed by atoms with van der Waals surface area (Å²) >= 11 is 0. The number of aryl methyl sites for hydroxylation is 1. The number of pyridine rings is 1. The van der Waals surface area contributed by atoms with Crippen LogP contribution in [0, 0.1) is 6.92 Å². The topological polar surface area (TPSA) is 76.8 Å². The van der Waals surface area contributed by atoms with E-state index in [4.69, 9.17) is 0 Å². The van der Waals surface area contributed by atoms with E-state index in [0.29, 0.717) is 6.54 Å². The molecule has 7 nitrogen and oxygen atoms in total. The van der Waals surface area contributed by atoms with Gasteiger partial charge in [0.1, 0.15) is 12.1 Å². The van der Waals surface area contributed by atoms with Crippen LogP contribution in [-0.4, -0.2) is 37.3 Å². The Hall–Kier alpha value is -3.09. The van der Waals surface area contributed by atoms with Gasteiger partial charge < -0.3 is 4.90 Å². The summed E-state index contributed by atoms with van der Waals surface area (Å²) in [5.74, 6) is 0.913. The molecule has 1 saturated heterocycles. The van der Waals surface area contributed by atoms with Crippen molar-refractivity contribution in [3.05, 3.63) is 65.1 Å². The molecule has 0 radical (unpaired) electrons. The van der Waals surface area contributed by atoms with E-state index in [2.05, 4.69) is 25.0 Å². The summed E-state index contributed by atoms with van der Waals surface area (Å²) in [7, 11) is 0. The highest BCUT2D eigenvalue weighted by Crippen LogP contribution is 2.24. The molecule has 1 fully saturated rings. The van der Waals surface area contributed by atoms with Crippen molar-refractivity contribution >= 4 is 5.82 Å². The second-order valence-electron chi connectivity index (χ2n) is 6.49. The molecule has 7 heteroatoms. The molecule has 1 aliphatic heterocycles. The SMILES string of the molecule is Cc1cc(N2CCCC2Cn2nc(-c3cccnc3)ccc2=O)ncn1. The van der Waals surface area contributed by atoms with Gasteiger partial charge in [0.2, 0.25) is 0 Å². The van der Waals surface area contributed by atoms with Crippen LogP contribution in [0.3, 0.4) is 0 Å². The lowest BCUT2D eigenvalue weighted by atomic mass is 10.2. The molecule has 0 aliphatic carbocycles. The molecule has 1 atom stereocenters. The fraction of sp³-hybridized carbons (Fsp3) is 0.316. The van der Waals surface area contributed by atoms with Crippen LogP contribution in [0.15, 0.2) is 53.8 Å². The van der Waals surface area contributed by atoms with E-state index in [1.807, 2.05) is 25.1 Å². The first kappa shape index (κ1) is 16.4. The van der Waals surface area contributed by atoms with Crippen molar-refractivity contribution in [2.24, 2.45) is 0 Å². The normalized spacial score (nSPS) is 16.8. The standard InChI is InChI=1S/C19H20N6O/c1-14-10-18(22-13-21-14)24-9-3-5-16(24)12-25-19(26)7-6-17(23-25)15-4-2-8-20-11-15/h2,4,6-8,10-11,13,16H,3,5,9,12H2,1H3. The second-order valence-corrected chi connectivity index (χ2v) is 6.49. The van der Waals surface area contributed by atoms with Crippen LogP contribution < -0.4 is 10.5 Å². The van der Waals surface area contributed by atoms with Gasteiger partial charge >= 0.3 is 0 Å². The zero-order valence-electron chi connectivity index (χ0n) is 14.6. The maximum Gasteiger partial charge on any atom is 0.266 e. The molecule has 0 amide bonds. The first-order chi connectivity index (χ1) is 12.7. The summed E-state index contributed by atoms with van der Waals surface area (Å²) in [6.07, 6.45) is 7.15. The van der Waals surface area contributed by atoms with Gasteiger partial charge in [-0.1, -0.05) is 0 Å². The molecule has 0 aromatic carbocycles. The third-order valence-corrected chi connectivity index (χ3v) is 4.67. The van der Waals surface area contributed by atoms with Crippen molar-refractivity contribution in [2.45, 2.75) is 32.4 Å². The van der Waals surface area contributed by atoms with E-state index < -0.39 is 0 Å². The molecular weight excluding hydrogens is 328 g/mol. The average molecular weight is 348 g/mol. The Balaban J connectivity index is 1.61. The van der Waals surface area contributed by atoms with Crippen LogP contribution in [-0.2, 0) is 6.54 Å². The highest BCUT2D eigenvalue weighted by atomic mass is 16.1. The van der Waals surface area contributed by atoms with E-state index in [-0.39, 0.29) is 11.6 Å². The number of anilines is 1. The van der Waals surface area contributed by atoms with Gasteiger partial charge in [0.05, 0.1) is 18.3 Å². The van der Waals surface area contributed by atoms with Crippen LogP contribution >= 0.6 is 0 Å². The first-order valence-electron chi connectivity index (χ1n) is 8.74. The molecule has 1 unspecified atom stereocenters. The smallest absolute Gasteiger partial charge is 0.266 e. The first-order valence-corrected chi connectivity index (χ1v) is 8.74. The highest BCUT2D eigenvalue weighted by Gasteiger charge is 2.27. The predicted octanol–water partition coefficient (Wildman–Crippen LogP) is 2.07. The van der Waals surface area contributed by atoms with Gasteiger partial charge in [-0.15, -0.1) is 0 Å². The molecule has 0 spiro atoms. The Kier molecular flexibility index (Phi) is 4.43. The summed E-state index contributed by atoms with van der Waals surface area (Å²) in [5, 5.41) is 4.56. The summed E-state index contributed by atoms with van der Waals surface area (Å²) in [6.45, 7) is 3.42. The van der Waals surface area contributed by atoms with Crippen LogP contribution in [0.5, 0.6) is 0 Å². The molecule has 4 heterocycles. The maximum absolute atomic E-state index is 12.3.